The lowest BCUT2D eigenvalue weighted by Crippen LogP contribution is -2.38. The number of aromatic nitrogens is 4. The molecule has 1 amide bonds. The van der Waals surface area contributed by atoms with Crippen molar-refractivity contribution in [3.05, 3.63) is 34.4 Å². The van der Waals surface area contributed by atoms with Crippen LogP contribution in [0.15, 0.2) is 6.20 Å². The number of nitrogens with zero attached hydrogens (tertiary/aromatic N) is 5. The molecule has 0 aliphatic carbocycles. The molecule has 0 fully saturated rings. The number of amides is 1. The molecule has 0 saturated carbocycles. The van der Waals surface area contributed by atoms with Crippen LogP contribution in [0.3, 0.4) is 0 Å². The molecule has 0 bridgehead atoms. The monoisotopic (exact) mass is 342 g/mol. The fourth-order valence-corrected chi connectivity index (χ4v) is 3.79. The van der Waals surface area contributed by atoms with E-state index < -0.39 is 0 Å². The van der Waals surface area contributed by atoms with Crippen LogP contribution in [0.25, 0.3) is 0 Å². The molecular formula is C17H22N6O2. The number of nitrogens with two attached hydrogens (primary N) is 1. The summed E-state index contributed by atoms with van der Waals surface area (Å²) in [7, 11) is 1.82. The molecule has 4 heterocycles. The highest BCUT2D eigenvalue weighted by molar-refractivity contribution is 5.94. The third kappa shape index (κ3) is 2.66. The normalized spacial score (nSPS) is 22.4. The van der Waals surface area contributed by atoms with Gasteiger partial charge in [0.15, 0.2) is 0 Å². The van der Waals surface area contributed by atoms with Gasteiger partial charge in [0.1, 0.15) is 5.69 Å². The van der Waals surface area contributed by atoms with E-state index in [0.29, 0.717) is 31.6 Å². The number of carbonyl (C=O) groups is 1. The van der Waals surface area contributed by atoms with Gasteiger partial charge in [-0.2, -0.15) is 5.10 Å². The van der Waals surface area contributed by atoms with Crippen molar-refractivity contribution >= 4 is 11.9 Å². The van der Waals surface area contributed by atoms with Gasteiger partial charge in [-0.05, 0) is 13.8 Å². The van der Waals surface area contributed by atoms with Gasteiger partial charge in [0.2, 0.25) is 5.95 Å². The summed E-state index contributed by atoms with van der Waals surface area (Å²) < 4.78 is 7.53. The summed E-state index contributed by atoms with van der Waals surface area (Å²) >= 11 is 0. The van der Waals surface area contributed by atoms with Gasteiger partial charge < -0.3 is 15.4 Å². The Bertz CT molecular complexity index is 846. The first-order valence-electron chi connectivity index (χ1n) is 8.54. The minimum atomic E-state index is -0.0926. The minimum Gasteiger partial charge on any atom is -0.369 e. The van der Waals surface area contributed by atoms with Crippen LogP contribution in [0.4, 0.5) is 5.95 Å². The zero-order valence-electron chi connectivity index (χ0n) is 14.7. The maximum atomic E-state index is 13.2. The van der Waals surface area contributed by atoms with E-state index in [1.165, 1.54) is 0 Å². The number of hydrogen-bond donors (Lipinski definition) is 1. The molecule has 4 rings (SSSR count). The van der Waals surface area contributed by atoms with Gasteiger partial charge in [0.05, 0.1) is 23.6 Å². The second-order valence-corrected chi connectivity index (χ2v) is 6.81. The number of ether oxygens (including phenoxy) is 1. The quantitative estimate of drug-likeness (QED) is 0.830. The Labute approximate surface area is 146 Å². The first kappa shape index (κ1) is 16.0. The van der Waals surface area contributed by atoms with Crippen LogP contribution in [0, 0.1) is 0 Å². The molecule has 2 atom stereocenters. The molecule has 0 spiro atoms. The molecule has 2 aliphatic rings. The topological polar surface area (TPSA) is 99.2 Å². The number of anilines is 1. The minimum absolute atomic E-state index is 0.0000231. The highest BCUT2D eigenvalue weighted by Crippen LogP contribution is 2.32. The zero-order valence-corrected chi connectivity index (χ0v) is 14.7. The Hall–Kier alpha value is -2.48. The molecule has 2 N–H and O–H groups in total. The van der Waals surface area contributed by atoms with E-state index in [-0.39, 0.29) is 24.1 Å². The Morgan fingerprint density at radius 2 is 2.20 bits per heavy atom. The predicted molar refractivity (Wildman–Crippen MR) is 90.8 cm³/mol. The van der Waals surface area contributed by atoms with Crippen LogP contribution >= 0.6 is 0 Å². The van der Waals surface area contributed by atoms with Crippen LogP contribution in [0.5, 0.6) is 0 Å². The lowest BCUT2D eigenvalue weighted by molar-refractivity contribution is -0.00714. The van der Waals surface area contributed by atoms with Gasteiger partial charge in [0, 0.05) is 50.3 Å². The molecule has 0 radical (unpaired) electrons. The van der Waals surface area contributed by atoms with E-state index in [2.05, 4.69) is 15.1 Å². The Kier molecular flexibility index (Phi) is 3.72. The molecule has 0 saturated heterocycles. The predicted octanol–water partition coefficient (Wildman–Crippen LogP) is 1.01. The summed E-state index contributed by atoms with van der Waals surface area (Å²) in [5, 5.41) is 4.54. The smallest absolute Gasteiger partial charge is 0.272 e. The molecule has 8 heteroatoms. The maximum Gasteiger partial charge on any atom is 0.272 e. The van der Waals surface area contributed by atoms with Gasteiger partial charge in [-0.3, -0.25) is 9.48 Å². The van der Waals surface area contributed by atoms with Crippen LogP contribution in [-0.2, 0) is 31.2 Å². The van der Waals surface area contributed by atoms with E-state index in [4.69, 9.17) is 10.5 Å². The first-order valence-corrected chi connectivity index (χ1v) is 8.54. The number of carbonyl (C=O) groups excluding carboxylic acids is 1. The largest absolute Gasteiger partial charge is 0.369 e. The molecule has 0 aromatic carbocycles. The second kappa shape index (κ2) is 5.80. The highest BCUT2D eigenvalue weighted by atomic mass is 16.5. The summed E-state index contributed by atoms with van der Waals surface area (Å²) in [4.78, 5) is 23.4. The van der Waals surface area contributed by atoms with E-state index >= 15 is 0 Å². The lowest BCUT2D eigenvalue weighted by atomic mass is 9.98. The highest BCUT2D eigenvalue weighted by Gasteiger charge is 2.34. The van der Waals surface area contributed by atoms with Crippen molar-refractivity contribution in [2.24, 2.45) is 7.05 Å². The third-order valence-corrected chi connectivity index (χ3v) is 4.93. The van der Waals surface area contributed by atoms with E-state index in [9.17, 15) is 4.79 Å². The van der Waals surface area contributed by atoms with E-state index in [0.717, 1.165) is 22.5 Å². The Morgan fingerprint density at radius 3 is 3.00 bits per heavy atom. The molecule has 2 aliphatic heterocycles. The van der Waals surface area contributed by atoms with Crippen molar-refractivity contribution in [2.75, 3.05) is 12.3 Å². The first-order chi connectivity index (χ1) is 11.9. The molecule has 0 unspecified atom stereocenters. The van der Waals surface area contributed by atoms with Crippen LogP contribution < -0.4 is 5.73 Å². The van der Waals surface area contributed by atoms with Gasteiger partial charge in [-0.15, -0.1) is 0 Å². The molecule has 2 aromatic heterocycles. The van der Waals surface area contributed by atoms with Crippen LogP contribution in [-0.4, -0.2) is 43.2 Å². The van der Waals surface area contributed by atoms with Gasteiger partial charge in [-0.25, -0.2) is 9.97 Å². The van der Waals surface area contributed by atoms with E-state index in [1.807, 2.05) is 25.8 Å². The average molecular weight is 342 g/mol. The zero-order chi connectivity index (χ0) is 17.7. The number of fused-ring (bicyclic) bond motifs is 2. The number of hydrogen-bond acceptors (Lipinski definition) is 6. The van der Waals surface area contributed by atoms with Gasteiger partial charge in [-0.1, -0.05) is 0 Å². The maximum absolute atomic E-state index is 13.2. The fourth-order valence-electron chi connectivity index (χ4n) is 3.79. The molecule has 8 nitrogen and oxygen atoms in total. The Balaban J connectivity index is 1.65. The summed E-state index contributed by atoms with van der Waals surface area (Å²) in [6.07, 6.45) is 3.10. The summed E-state index contributed by atoms with van der Waals surface area (Å²) in [6.45, 7) is 5.12. The molecule has 2 aromatic rings. The SMILES string of the molecule is C[C@@H]1Cc2c(nn(C)c2C(=O)N2CCc3nc(N)ncc3C2)[C@H](C)O1. The fraction of sp³-hybridized carbons (Fsp3) is 0.529. The Morgan fingerprint density at radius 1 is 1.40 bits per heavy atom. The van der Waals surface area contributed by atoms with Gasteiger partial charge >= 0.3 is 0 Å². The summed E-state index contributed by atoms with van der Waals surface area (Å²) in [5.41, 5.74) is 10.1. The summed E-state index contributed by atoms with van der Waals surface area (Å²) in [5.74, 6) is 0.280. The second-order valence-electron chi connectivity index (χ2n) is 6.81. The molecular weight excluding hydrogens is 320 g/mol. The number of nitrogen functional groups attached to an aromatic ring is 1. The van der Waals surface area contributed by atoms with Crippen molar-refractivity contribution in [3.8, 4) is 0 Å². The van der Waals surface area contributed by atoms with Crippen LogP contribution in [0.1, 0.15) is 53.0 Å². The lowest BCUT2D eigenvalue weighted by Gasteiger charge is -2.29. The standard InChI is InChI=1S/C17H22N6O2/c1-9-6-12-14(10(2)25-9)21-22(3)15(12)16(24)23-5-4-13-11(8-23)7-19-17(18)20-13/h7,9-10H,4-6,8H2,1-3H3,(H2,18,19,20)/t9-,10+/m1/s1. The number of rotatable bonds is 1. The van der Waals surface area contributed by atoms with Gasteiger partial charge in [0.25, 0.3) is 5.91 Å². The number of aryl methyl sites for hydroxylation is 1. The van der Waals surface area contributed by atoms with Crippen molar-refractivity contribution in [1.82, 2.24) is 24.6 Å². The van der Waals surface area contributed by atoms with Crippen molar-refractivity contribution < 1.29 is 9.53 Å². The van der Waals surface area contributed by atoms with E-state index in [1.54, 1.807) is 10.9 Å². The van der Waals surface area contributed by atoms with Crippen LogP contribution in [0.2, 0.25) is 0 Å². The molecule has 132 valence electrons. The third-order valence-electron chi connectivity index (χ3n) is 4.93. The average Bonchev–Trinajstić information content (AvgIpc) is 2.90. The van der Waals surface area contributed by atoms with Crippen molar-refractivity contribution in [2.45, 2.75) is 45.4 Å². The van der Waals surface area contributed by atoms with Crippen molar-refractivity contribution in [1.29, 1.82) is 0 Å². The summed E-state index contributed by atoms with van der Waals surface area (Å²) in [6, 6.07) is 0. The van der Waals surface area contributed by atoms with Crippen molar-refractivity contribution in [3.63, 3.8) is 0 Å². The molecule has 25 heavy (non-hydrogen) atoms.